The van der Waals surface area contributed by atoms with Crippen LogP contribution < -0.4 is 17.1 Å². The van der Waals surface area contributed by atoms with E-state index >= 15 is 0 Å². The molecule has 0 radical (unpaired) electrons. The number of hydrogen-bond donors (Lipinski definition) is 1. The van der Waals surface area contributed by atoms with Gasteiger partial charge in [-0.25, -0.2) is 14.2 Å². The maximum atomic E-state index is 11.9. The Morgan fingerprint density at radius 2 is 2.00 bits per heavy atom. The third-order valence-corrected chi connectivity index (χ3v) is 2.71. The molecule has 0 aliphatic heterocycles. The SMILES string of the molecule is CCCC(CC)n1c(=O)nc(N)n(C)c1=O. The first kappa shape index (κ1) is 12.5. The van der Waals surface area contributed by atoms with Gasteiger partial charge >= 0.3 is 11.4 Å². The molecule has 0 aromatic carbocycles. The maximum Gasteiger partial charge on any atom is 0.355 e. The van der Waals surface area contributed by atoms with Gasteiger partial charge in [0.2, 0.25) is 5.95 Å². The van der Waals surface area contributed by atoms with Crippen molar-refractivity contribution >= 4 is 5.95 Å². The molecule has 6 nitrogen and oxygen atoms in total. The van der Waals surface area contributed by atoms with E-state index < -0.39 is 11.4 Å². The van der Waals surface area contributed by atoms with Crippen LogP contribution in [0.5, 0.6) is 0 Å². The molecule has 16 heavy (non-hydrogen) atoms. The maximum absolute atomic E-state index is 11.9. The van der Waals surface area contributed by atoms with Crippen LogP contribution in [0.25, 0.3) is 0 Å². The second kappa shape index (κ2) is 4.96. The van der Waals surface area contributed by atoms with E-state index in [4.69, 9.17) is 5.73 Å². The third kappa shape index (κ3) is 2.15. The van der Waals surface area contributed by atoms with Crippen molar-refractivity contribution in [1.82, 2.24) is 14.1 Å². The first-order valence-electron chi connectivity index (χ1n) is 5.47. The molecule has 1 heterocycles. The Bertz CT molecular complexity index is 475. The van der Waals surface area contributed by atoms with Gasteiger partial charge in [-0.3, -0.25) is 4.57 Å². The van der Waals surface area contributed by atoms with Gasteiger partial charge in [0.1, 0.15) is 0 Å². The fourth-order valence-corrected chi connectivity index (χ4v) is 1.73. The molecule has 0 spiro atoms. The highest BCUT2D eigenvalue weighted by molar-refractivity contribution is 5.13. The lowest BCUT2D eigenvalue weighted by Gasteiger charge is -2.16. The van der Waals surface area contributed by atoms with E-state index in [0.717, 1.165) is 19.3 Å². The smallest absolute Gasteiger partial charge is 0.355 e. The molecule has 0 bridgehead atoms. The molecule has 0 saturated heterocycles. The Balaban J connectivity index is 3.38. The summed E-state index contributed by atoms with van der Waals surface area (Å²) in [6.45, 7) is 3.96. The minimum atomic E-state index is -0.555. The van der Waals surface area contributed by atoms with E-state index in [0.29, 0.717) is 0 Å². The van der Waals surface area contributed by atoms with Crippen LogP contribution in [0.4, 0.5) is 5.95 Å². The number of hydrogen-bond acceptors (Lipinski definition) is 4. The topological polar surface area (TPSA) is 82.9 Å². The quantitative estimate of drug-likeness (QED) is 0.799. The van der Waals surface area contributed by atoms with E-state index in [1.165, 1.54) is 16.2 Å². The van der Waals surface area contributed by atoms with Crippen LogP contribution in [-0.4, -0.2) is 14.1 Å². The van der Waals surface area contributed by atoms with Crippen LogP contribution >= 0.6 is 0 Å². The summed E-state index contributed by atoms with van der Waals surface area (Å²) in [5.74, 6) is -0.0439. The highest BCUT2D eigenvalue weighted by Crippen LogP contribution is 2.13. The van der Waals surface area contributed by atoms with Gasteiger partial charge in [0, 0.05) is 13.1 Å². The van der Waals surface area contributed by atoms with Gasteiger partial charge in [-0.1, -0.05) is 20.3 Å². The molecule has 0 amide bonds. The summed E-state index contributed by atoms with van der Waals surface area (Å²) in [6, 6.07) is -0.0932. The van der Waals surface area contributed by atoms with Crippen molar-refractivity contribution in [3.8, 4) is 0 Å². The van der Waals surface area contributed by atoms with Gasteiger partial charge in [-0.15, -0.1) is 0 Å². The van der Waals surface area contributed by atoms with Gasteiger partial charge in [0.15, 0.2) is 0 Å². The summed E-state index contributed by atoms with van der Waals surface area (Å²) in [5, 5.41) is 0. The lowest BCUT2D eigenvalue weighted by atomic mass is 10.1. The van der Waals surface area contributed by atoms with Crippen molar-refractivity contribution in [2.75, 3.05) is 5.73 Å². The molecule has 2 N–H and O–H groups in total. The Hall–Kier alpha value is -1.59. The Morgan fingerprint density at radius 3 is 2.50 bits per heavy atom. The molecule has 0 aliphatic carbocycles. The van der Waals surface area contributed by atoms with Crippen LogP contribution in [-0.2, 0) is 7.05 Å². The van der Waals surface area contributed by atoms with Gasteiger partial charge in [0.25, 0.3) is 0 Å². The number of aromatic nitrogens is 3. The van der Waals surface area contributed by atoms with E-state index in [9.17, 15) is 9.59 Å². The Kier molecular flexibility index (Phi) is 3.87. The second-order valence-electron chi connectivity index (χ2n) is 3.81. The minimum Gasteiger partial charge on any atom is -0.369 e. The number of nitrogens with two attached hydrogens (primary N) is 1. The monoisotopic (exact) mass is 226 g/mol. The number of nitrogen functional groups attached to an aromatic ring is 1. The fraction of sp³-hybridized carbons (Fsp3) is 0.700. The molecule has 0 aliphatic rings. The number of rotatable bonds is 4. The molecule has 6 heteroatoms. The largest absolute Gasteiger partial charge is 0.369 e. The Morgan fingerprint density at radius 1 is 1.38 bits per heavy atom. The summed E-state index contributed by atoms with van der Waals surface area (Å²) in [7, 11) is 1.51. The van der Waals surface area contributed by atoms with Crippen molar-refractivity contribution in [2.24, 2.45) is 7.05 Å². The van der Waals surface area contributed by atoms with Crippen LogP contribution in [0.15, 0.2) is 9.59 Å². The van der Waals surface area contributed by atoms with Crippen molar-refractivity contribution in [3.05, 3.63) is 21.0 Å². The molecule has 90 valence electrons. The predicted molar refractivity (Wildman–Crippen MR) is 62.4 cm³/mol. The zero-order valence-electron chi connectivity index (χ0n) is 9.93. The van der Waals surface area contributed by atoms with E-state index in [1.54, 1.807) is 0 Å². The third-order valence-electron chi connectivity index (χ3n) is 2.71. The van der Waals surface area contributed by atoms with E-state index in [-0.39, 0.29) is 12.0 Å². The average molecular weight is 226 g/mol. The predicted octanol–water partition coefficient (Wildman–Crippen LogP) is 0.275. The summed E-state index contributed by atoms with van der Waals surface area (Å²) in [4.78, 5) is 27.2. The lowest BCUT2D eigenvalue weighted by Crippen LogP contribution is -2.43. The van der Waals surface area contributed by atoms with Crippen LogP contribution in [0, 0.1) is 0 Å². The van der Waals surface area contributed by atoms with Gasteiger partial charge < -0.3 is 5.73 Å². The van der Waals surface area contributed by atoms with Gasteiger partial charge in [-0.05, 0) is 12.8 Å². The molecular weight excluding hydrogens is 208 g/mol. The van der Waals surface area contributed by atoms with Crippen molar-refractivity contribution in [1.29, 1.82) is 0 Å². The molecule has 0 fully saturated rings. The molecule has 1 atom stereocenters. The Labute approximate surface area is 93.7 Å². The van der Waals surface area contributed by atoms with Crippen molar-refractivity contribution < 1.29 is 0 Å². The molecule has 1 aromatic heterocycles. The van der Waals surface area contributed by atoms with Gasteiger partial charge in [-0.2, -0.15) is 4.98 Å². The summed E-state index contributed by atoms with van der Waals surface area (Å²) in [5.41, 5.74) is 4.50. The number of nitrogens with zero attached hydrogens (tertiary/aromatic N) is 3. The lowest BCUT2D eigenvalue weighted by molar-refractivity contribution is 0.401. The summed E-state index contributed by atoms with van der Waals surface area (Å²) >= 11 is 0. The standard InChI is InChI=1S/C10H18N4O2/c1-4-6-7(5-2)14-9(15)12-8(11)13(3)10(14)16/h7H,4-6H2,1-3H3,(H2,11,12,15). The first-order valence-corrected chi connectivity index (χ1v) is 5.47. The second-order valence-corrected chi connectivity index (χ2v) is 3.81. The molecule has 0 saturated carbocycles. The van der Waals surface area contributed by atoms with Crippen LogP contribution in [0.2, 0.25) is 0 Å². The highest BCUT2D eigenvalue weighted by Gasteiger charge is 2.15. The van der Waals surface area contributed by atoms with Crippen molar-refractivity contribution in [2.45, 2.75) is 39.2 Å². The minimum absolute atomic E-state index is 0.0439. The molecule has 1 rings (SSSR count). The fourth-order valence-electron chi connectivity index (χ4n) is 1.73. The van der Waals surface area contributed by atoms with Crippen LogP contribution in [0.3, 0.4) is 0 Å². The van der Waals surface area contributed by atoms with Crippen LogP contribution in [0.1, 0.15) is 39.2 Å². The van der Waals surface area contributed by atoms with Gasteiger partial charge in [0.05, 0.1) is 0 Å². The molecular formula is C10H18N4O2. The first-order chi connectivity index (χ1) is 7.52. The zero-order chi connectivity index (χ0) is 12.3. The average Bonchev–Trinajstić information content (AvgIpc) is 2.25. The summed E-state index contributed by atoms with van der Waals surface area (Å²) in [6.07, 6.45) is 2.43. The zero-order valence-corrected chi connectivity index (χ0v) is 9.93. The van der Waals surface area contributed by atoms with Crippen molar-refractivity contribution in [3.63, 3.8) is 0 Å². The number of anilines is 1. The normalized spacial score (nSPS) is 12.7. The molecule has 1 unspecified atom stereocenters. The molecule has 1 aromatic rings. The van der Waals surface area contributed by atoms with E-state index in [1.807, 2.05) is 13.8 Å². The highest BCUT2D eigenvalue weighted by atomic mass is 16.2. The summed E-state index contributed by atoms with van der Waals surface area (Å²) < 4.78 is 2.39. The van der Waals surface area contributed by atoms with E-state index in [2.05, 4.69) is 4.98 Å².